The van der Waals surface area contributed by atoms with Gasteiger partial charge in [-0.15, -0.1) is 0 Å². The summed E-state index contributed by atoms with van der Waals surface area (Å²) in [4.78, 5) is 11.6. The van der Waals surface area contributed by atoms with Gasteiger partial charge in [0.25, 0.3) is 0 Å². The second-order valence-electron chi connectivity index (χ2n) is 5.12. The third kappa shape index (κ3) is 2.75. The summed E-state index contributed by atoms with van der Waals surface area (Å²) in [6.07, 6.45) is 3.82. The molecule has 1 aromatic rings. The number of fused-ring (bicyclic) bond motifs is 1. The molecule has 2 aliphatic rings. The highest BCUT2D eigenvalue weighted by Crippen LogP contribution is 2.33. The van der Waals surface area contributed by atoms with Gasteiger partial charge < -0.3 is 10.1 Å². The molecule has 1 unspecified atom stereocenters. The molecule has 0 aromatic heterocycles. The van der Waals surface area contributed by atoms with Gasteiger partial charge in [0.1, 0.15) is 11.9 Å². The lowest BCUT2D eigenvalue weighted by Crippen LogP contribution is -2.34. The van der Waals surface area contributed by atoms with Crippen molar-refractivity contribution in [3.05, 3.63) is 23.8 Å². The molecule has 5 heteroatoms. The van der Waals surface area contributed by atoms with Crippen LogP contribution in [0.5, 0.6) is 5.75 Å². The molecule has 1 amide bonds. The van der Waals surface area contributed by atoms with Gasteiger partial charge in [0.2, 0.25) is 5.91 Å². The van der Waals surface area contributed by atoms with Gasteiger partial charge in [-0.2, -0.15) is 0 Å². The first-order chi connectivity index (χ1) is 9.24. The summed E-state index contributed by atoms with van der Waals surface area (Å²) in [6.45, 7) is 2.06. The fourth-order valence-corrected chi connectivity index (χ4v) is 3.05. The molecule has 3 rings (SSSR count). The molecule has 1 saturated heterocycles. The van der Waals surface area contributed by atoms with E-state index in [0.717, 1.165) is 43.8 Å². The van der Waals surface area contributed by atoms with Crippen LogP contribution in [0, 0.1) is 0 Å². The summed E-state index contributed by atoms with van der Waals surface area (Å²) >= 11 is 0. The van der Waals surface area contributed by atoms with Crippen molar-refractivity contribution in [1.82, 2.24) is 5.32 Å². The van der Waals surface area contributed by atoms with E-state index in [9.17, 15) is 4.79 Å². The highest BCUT2D eigenvalue weighted by molar-refractivity contribution is 7.21. The van der Waals surface area contributed by atoms with Crippen LogP contribution in [0.15, 0.2) is 18.2 Å². The number of nitrogens with zero attached hydrogens (tertiary/aromatic N) is 1. The van der Waals surface area contributed by atoms with Gasteiger partial charge in [-0.1, -0.05) is 0 Å². The SMILES string of the molecule is O=C1CCc2cc(OC3CCNCC3)ccc2N1P. The first-order valence-electron chi connectivity index (χ1n) is 6.82. The zero-order chi connectivity index (χ0) is 13.2. The predicted octanol–water partition coefficient (Wildman–Crippen LogP) is 1.89. The van der Waals surface area contributed by atoms with Gasteiger partial charge in [0.05, 0.1) is 5.69 Å². The zero-order valence-electron chi connectivity index (χ0n) is 10.9. The molecule has 1 N–H and O–H groups in total. The Labute approximate surface area is 115 Å². The first kappa shape index (κ1) is 12.9. The van der Waals surface area contributed by atoms with Crippen LogP contribution >= 0.6 is 9.39 Å². The number of piperidine rings is 1. The minimum absolute atomic E-state index is 0.157. The number of carbonyl (C=O) groups excluding carboxylic acids is 1. The Balaban J connectivity index is 1.76. The third-order valence-corrected chi connectivity index (χ3v) is 4.34. The molecule has 1 atom stereocenters. The van der Waals surface area contributed by atoms with Gasteiger partial charge in [0.15, 0.2) is 0 Å². The average molecular weight is 278 g/mol. The number of rotatable bonds is 2. The lowest BCUT2D eigenvalue weighted by Gasteiger charge is -2.27. The van der Waals surface area contributed by atoms with Gasteiger partial charge in [-0.3, -0.25) is 9.46 Å². The number of ether oxygens (including phenoxy) is 1. The molecule has 0 saturated carbocycles. The van der Waals surface area contributed by atoms with E-state index < -0.39 is 0 Å². The Hall–Kier alpha value is -1.12. The largest absolute Gasteiger partial charge is 0.490 e. The Morgan fingerprint density at radius 1 is 1.26 bits per heavy atom. The maximum atomic E-state index is 11.6. The lowest BCUT2D eigenvalue weighted by molar-refractivity contribution is -0.117. The average Bonchev–Trinajstić information content (AvgIpc) is 2.44. The molecule has 1 fully saturated rings. The molecule has 0 bridgehead atoms. The van der Waals surface area contributed by atoms with Crippen LogP contribution in [0.1, 0.15) is 24.8 Å². The summed E-state index contributed by atoms with van der Waals surface area (Å²) in [6, 6.07) is 6.03. The minimum atomic E-state index is 0.157. The van der Waals surface area contributed by atoms with E-state index in [0.29, 0.717) is 12.5 Å². The number of hydrogen-bond acceptors (Lipinski definition) is 3. The Morgan fingerprint density at radius 3 is 2.84 bits per heavy atom. The monoisotopic (exact) mass is 278 g/mol. The number of carbonyl (C=O) groups is 1. The van der Waals surface area contributed by atoms with Crippen molar-refractivity contribution >= 4 is 21.0 Å². The smallest absolute Gasteiger partial charge is 0.230 e. The summed E-state index contributed by atoms with van der Waals surface area (Å²) < 4.78 is 7.69. The normalized spacial score (nSPS) is 20.3. The van der Waals surface area contributed by atoms with Gasteiger partial charge in [-0.05, 0) is 65.5 Å². The molecule has 102 valence electrons. The summed E-state index contributed by atoms with van der Waals surface area (Å²) in [5.74, 6) is 1.09. The highest BCUT2D eigenvalue weighted by atomic mass is 31.0. The van der Waals surface area contributed by atoms with Crippen molar-refractivity contribution in [3.63, 3.8) is 0 Å². The summed E-state index contributed by atoms with van der Waals surface area (Å²) in [5, 5.41) is 3.33. The summed E-state index contributed by atoms with van der Waals surface area (Å²) in [5.41, 5.74) is 2.18. The molecule has 4 nitrogen and oxygen atoms in total. The number of anilines is 1. The lowest BCUT2D eigenvalue weighted by atomic mass is 10.0. The van der Waals surface area contributed by atoms with Crippen molar-refractivity contribution in [2.75, 3.05) is 17.8 Å². The molecule has 2 aliphatic heterocycles. The molecule has 19 heavy (non-hydrogen) atoms. The van der Waals surface area contributed by atoms with Gasteiger partial charge in [-0.25, -0.2) is 0 Å². The fraction of sp³-hybridized carbons (Fsp3) is 0.500. The van der Waals surface area contributed by atoms with E-state index in [1.165, 1.54) is 5.56 Å². The molecule has 2 heterocycles. The molecular formula is C14H19N2O2P. The van der Waals surface area contributed by atoms with Crippen molar-refractivity contribution in [2.24, 2.45) is 0 Å². The fourth-order valence-electron chi connectivity index (χ4n) is 2.67. The van der Waals surface area contributed by atoms with Crippen molar-refractivity contribution in [1.29, 1.82) is 0 Å². The molecular weight excluding hydrogens is 259 g/mol. The van der Waals surface area contributed by atoms with E-state index in [2.05, 4.69) is 20.8 Å². The van der Waals surface area contributed by atoms with Gasteiger partial charge in [0, 0.05) is 6.42 Å². The maximum Gasteiger partial charge on any atom is 0.230 e. The number of benzene rings is 1. The van der Waals surface area contributed by atoms with Gasteiger partial charge >= 0.3 is 0 Å². The predicted molar refractivity (Wildman–Crippen MR) is 78.5 cm³/mol. The summed E-state index contributed by atoms with van der Waals surface area (Å²) in [7, 11) is 2.49. The van der Waals surface area contributed by atoms with E-state index >= 15 is 0 Å². The number of nitrogens with one attached hydrogen (secondary N) is 1. The van der Waals surface area contributed by atoms with Crippen LogP contribution in [0.2, 0.25) is 0 Å². The van der Waals surface area contributed by atoms with E-state index in [4.69, 9.17) is 4.74 Å². The minimum Gasteiger partial charge on any atom is -0.490 e. The van der Waals surface area contributed by atoms with Crippen LogP contribution in [0.25, 0.3) is 0 Å². The van der Waals surface area contributed by atoms with Crippen LogP contribution < -0.4 is 14.7 Å². The third-order valence-electron chi connectivity index (χ3n) is 3.78. The second kappa shape index (κ2) is 5.48. The van der Waals surface area contributed by atoms with Crippen LogP contribution in [-0.2, 0) is 11.2 Å². The van der Waals surface area contributed by atoms with Crippen molar-refractivity contribution < 1.29 is 9.53 Å². The second-order valence-corrected chi connectivity index (χ2v) is 5.64. The van der Waals surface area contributed by atoms with E-state index in [1.807, 2.05) is 12.1 Å². The van der Waals surface area contributed by atoms with Crippen molar-refractivity contribution in [3.8, 4) is 5.75 Å². The zero-order valence-corrected chi connectivity index (χ0v) is 12.0. The Morgan fingerprint density at radius 2 is 2.05 bits per heavy atom. The highest BCUT2D eigenvalue weighted by Gasteiger charge is 2.22. The molecule has 0 aliphatic carbocycles. The standard InChI is InChI=1S/C14H19N2O2P/c17-14-4-1-10-9-12(2-3-13(10)16(14)19)18-11-5-7-15-8-6-11/h2-3,9,11,15H,1,4-8,19H2. The van der Waals surface area contributed by atoms with E-state index in [-0.39, 0.29) is 5.91 Å². The number of hydrogen-bond donors (Lipinski definition) is 1. The van der Waals surface area contributed by atoms with Crippen LogP contribution in [-0.4, -0.2) is 25.1 Å². The molecule has 1 aromatic carbocycles. The maximum absolute atomic E-state index is 11.6. The van der Waals surface area contributed by atoms with E-state index in [1.54, 1.807) is 4.67 Å². The first-order valence-corrected chi connectivity index (χ1v) is 7.33. The van der Waals surface area contributed by atoms with Crippen molar-refractivity contribution in [2.45, 2.75) is 31.8 Å². The molecule has 0 spiro atoms. The topological polar surface area (TPSA) is 41.6 Å². The number of amides is 1. The Kier molecular flexibility index (Phi) is 3.72. The van der Waals surface area contributed by atoms with Crippen LogP contribution in [0.3, 0.4) is 0 Å². The quantitative estimate of drug-likeness (QED) is 0.840. The van der Waals surface area contributed by atoms with Crippen LogP contribution in [0.4, 0.5) is 5.69 Å². The molecule has 0 radical (unpaired) electrons. The number of aryl methyl sites for hydroxylation is 1. The Bertz CT molecular complexity index is 486.